The lowest BCUT2D eigenvalue weighted by molar-refractivity contribution is 0.0912. The van der Waals surface area contributed by atoms with Gasteiger partial charge >= 0.3 is 0 Å². The number of nitrogens with zero attached hydrogens (tertiary/aromatic N) is 5. The summed E-state index contributed by atoms with van der Waals surface area (Å²) >= 11 is 1.52. The van der Waals surface area contributed by atoms with Crippen molar-refractivity contribution >= 4 is 11.8 Å². The van der Waals surface area contributed by atoms with Gasteiger partial charge in [0.1, 0.15) is 0 Å². The molecule has 1 saturated heterocycles. The molecule has 0 saturated carbocycles. The Morgan fingerprint density at radius 3 is 3.11 bits per heavy atom. The fourth-order valence-corrected chi connectivity index (χ4v) is 2.58. The highest BCUT2D eigenvalue weighted by Gasteiger charge is 2.22. The van der Waals surface area contributed by atoms with Crippen molar-refractivity contribution < 1.29 is 4.74 Å². The quantitative estimate of drug-likeness (QED) is 0.752. The summed E-state index contributed by atoms with van der Waals surface area (Å²) in [5.41, 5.74) is -0.370. The number of ether oxygens (including phenoxy) is 1. The van der Waals surface area contributed by atoms with Crippen LogP contribution in [-0.4, -0.2) is 38.7 Å². The Morgan fingerprint density at radius 2 is 2.44 bits per heavy atom. The van der Waals surface area contributed by atoms with Gasteiger partial charge in [-0.3, -0.25) is 0 Å². The molecule has 1 aliphatic rings. The maximum absolute atomic E-state index is 8.98. The van der Waals surface area contributed by atoms with E-state index in [9.17, 15) is 0 Å². The van der Waals surface area contributed by atoms with Gasteiger partial charge in [0.15, 0.2) is 0 Å². The molecule has 7 heteroatoms. The monoisotopic (exact) mass is 267 g/mol. The molecule has 0 radical (unpaired) electrons. The summed E-state index contributed by atoms with van der Waals surface area (Å²) in [5.74, 6) is 0.676. The first-order valence-electron chi connectivity index (χ1n) is 6.02. The Balaban J connectivity index is 1.93. The van der Waals surface area contributed by atoms with E-state index in [4.69, 9.17) is 10.00 Å². The summed E-state index contributed by atoms with van der Waals surface area (Å²) < 4.78 is 7.34. The Bertz CT molecular complexity index is 433. The molecule has 2 heterocycles. The lowest BCUT2D eigenvalue weighted by atomic mass is 10.00. The minimum Gasteiger partial charge on any atom is -0.376 e. The van der Waals surface area contributed by atoms with E-state index in [1.165, 1.54) is 11.8 Å². The van der Waals surface area contributed by atoms with Crippen molar-refractivity contribution in [2.24, 2.45) is 5.41 Å². The summed E-state index contributed by atoms with van der Waals surface area (Å²) in [6.07, 6.45) is 2.39. The van der Waals surface area contributed by atoms with Crippen molar-refractivity contribution in [2.45, 2.75) is 44.5 Å². The Kier molecular flexibility index (Phi) is 4.19. The van der Waals surface area contributed by atoms with E-state index in [-0.39, 0.29) is 11.5 Å². The molecule has 18 heavy (non-hydrogen) atoms. The molecule has 2 rings (SSSR count). The van der Waals surface area contributed by atoms with E-state index in [0.717, 1.165) is 24.6 Å². The molecular weight excluding hydrogens is 250 g/mol. The number of hydrogen-bond donors (Lipinski definition) is 0. The molecule has 1 aromatic heterocycles. The Labute approximate surface area is 111 Å². The summed E-state index contributed by atoms with van der Waals surface area (Å²) in [7, 11) is 0. The maximum Gasteiger partial charge on any atom is 0.209 e. The van der Waals surface area contributed by atoms with Crippen LogP contribution in [0, 0.1) is 16.7 Å². The molecule has 0 amide bonds. The molecule has 98 valence electrons. The zero-order valence-electron chi connectivity index (χ0n) is 10.7. The number of hydrogen-bond acceptors (Lipinski definition) is 6. The first-order valence-corrected chi connectivity index (χ1v) is 7.01. The summed E-state index contributed by atoms with van der Waals surface area (Å²) in [6.45, 7) is 5.35. The molecule has 0 spiro atoms. The summed E-state index contributed by atoms with van der Waals surface area (Å²) in [5, 5.41) is 21.4. The fraction of sp³-hybridized carbons (Fsp3) is 0.818. The minimum atomic E-state index is -0.370. The van der Waals surface area contributed by atoms with Gasteiger partial charge in [0.2, 0.25) is 5.16 Å². The van der Waals surface area contributed by atoms with Crippen molar-refractivity contribution in [1.29, 1.82) is 5.26 Å². The lowest BCUT2D eigenvalue weighted by Gasteiger charge is -2.14. The molecule has 6 nitrogen and oxygen atoms in total. The van der Waals surface area contributed by atoms with Crippen LogP contribution < -0.4 is 0 Å². The molecule has 0 bridgehead atoms. The van der Waals surface area contributed by atoms with Gasteiger partial charge < -0.3 is 4.74 Å². The molecule has 1 unspecified atom stereocenters. The van der Waals surface area contributed by atoms with E-state index in [1.807, 2.05) is 13.8 Å². The third-order valence-corrected chi connectivity index (χ3v) is 4.18. The largest absolute Gasteiger partial charge is 0.376 e. The minimum absolute atomic E-state index is 0.219. The topological polar surface area (TPSA) is 76.6 Å². The zero-order chi connectivity index (χ0) is 13.0. The molecule has 0 aliphatic carbocycles. The third-order valence-electron chi connectivity index (χ3n) is 2.76. The highest BCUT2D eigenvalue weighted by Crippen LogP contribution is 2.25. The van der Waals surface area contributed by atoms with Gasteiger partial charge in [-0.15, -0.1) is 5.10 Å². The van der Waals surface area contributed by atoms with Crippen molar-refractivity contribution in [2.75, 3.05) is 12.4 Å². The van der Waals surface area contributed by atoms with Crippen LogP contribution in [-0.2, 0) is 11.3 Å². The van der Waals surface area contributed by atoms with Crippen LogP contribution in [0.4, 0.5) is 0 Å². The smallest absolute Gasteiger partial charge is 0.209 e. The van der Waals surface area contributed by atoms with Crippen molar-refractivity contribution in [3.8, 4) is 6.07 Å². The van der Waals surface area contributed by atoms with Gasteiger partial charge in [-0.1, -0.05) is 11.8 Å². The first kappa shape index (κ1) is 13.3. The number of rotatable bonds is 5. The van der Waals surface area contributed by atoms with E-state index >= 15 is 0 Å². The average Bonchev–Trinajstić information content (AvgIpc) is 2.99. The molecular formula is C11H17N5OS. The normalized spacial score (nSPS) is 19.9. The average molecular weight is 267 g/mol. The van der Waals surface area contributed by atoms with E-state index in [0.29, 0.717) is 12.3 Å². The fourth-order valence-electron chi connectivity index (χ4n) is 1.67. The van der Waals surface area contributed by atoms with Crippen LogP contribution in [0.5, 0.6) is 0 Å². The second kappa shape index (κ2) is 5.67. The molecule has 1 aromatic rings. The Morgan fingerprint density at radius 1 is 1.61 bits per heavy atom. The molecule has 1 aliphatic heterocycles. The molecule has 1 fully saturated rings. The van der Waals surface area contributed by atoms with Crippen LogP contribution in [0.25, 0.3) is 0 Å². The van der Waals surface area contributed by atoms with Crippen LogP contribution in [0.2, 0.25) is 0 Å². The van der Waals surface area contributed by atoms with Gasteiger partial charge in [-0.25, -0.2) is 4.68 Å². The standard InChI is InChI=1S/C11H17N5OS/c1-11(2,7-12)8-18-10-13-14-15-16(10)6-9-4-3-5-17-9/h9H,3-6,8H2,1-2H3. The van der Waals surface area contributed by atoms with Gasteiger partial charge in [-0.05, 0) is 37.1 Å². The van der Waals surface area contributed by atoms with Crippen molar-refractivity contribution in [3.05, 3.63) is 0 Å². The predicted octanol–water partition coefficient (Wildman–Crippen LogP) is 1.49. The second-order valence-corrected chi connectivity index (χ2v) is 6.01. The van der Waals surface area contributed by atoms with E-state index in [1.54, 1.807) is 4.68 Å². The second-order valence-electron chi connectivity index (χ2n) is 5.06. The number of nitriles is 1. The van der Waals surface area contributed by atoms with Gasteiger partial charge in [0, 0.05) is 12.4 Å². The lowest BCUT2D eigenvalue weighted by Crippen LogP contribution is -2.18. The van der Waals surface area contributed by atoms with Gasteiger partial charge in [-0.2, -0.15) is 5.26 Å². The highest BCUT2D eigenvalue weighted by molar-refractivity contribution is 7.99. The maximum atomic E-state index is 8.98. The molecule has 0 aromatic carbocycles. The highest BCUT2D eigenvalue weighted by atomic mass is 32.2. The summed E-state index contributed by atoms with van der Waals surface area (Å²) in [4.78, 5) is 0. The van der Waals surface area contributed by atoms with E-state index in [2.05, 4.69) is 21.6 Å². The summed E-state index contributed by atoms with van der Waals surface area (Å²) in [6, 6.07) is 2.27. The Hall–Kier alpha value is -1.13. The van der Waals surface area contributed by atoms with Crippen LogP contribution in [0.3, 0.4) is 0 Å². The van der Waals surface area contributed by atoms with Gasteiger partial charge in [0.05, 0.1) is 24.1 Å². The molecule has 0 N–H and O–H groups in total. The number of tetrazole rings is 1. The van der Waals surface area contributed by atoms with Crippen molar-refractivity contribution in [3.63, 3.8) is 0 Å². The first-order chi connectivity index (χ1) is 8.61. The SMILES string of the molecule is CC(C)(C#N)CSc1nnnn1CC1CCCO1. The zero-order valence-corrected chi connectivity index (χ0v) is 11.5. The number of thioether (sulfide) groups is 1. The predicted molar refractivity (Wildman–Crippen MR) is 66.9 cm³/mol. The van der Waals surface area contributed by atoms with E-state index < -0.39 is 0 Å². The third kappa shape index (κ3) is 3.43. The van der Waals surface area contributed by atoms with Crippen LogP contribution in [0.1, 0.15) is 26.7 Å². The number of aromatic nitrogens is 4. The van der Waals surface area contributed by atoms with Crippen molar-refractivity contribution in [1.82, 2.24) is 20.2 Å². The van der Waals surface area contributed by atoms with Crippen LogP contribution in [0.15, 0.2) is 5.16 Å². The van der Waals surface area contributed by atoms with Crippen LogP contribution >= 0.6 is 11.8 Å². The molecule has 1 atom stereocenters. The van der Waals surface area contributed by atoms with Gasteiger partial charge in [0.25, 0.3) is 0 Å².